The molecule has 2 aromatic carbocycles. The van der Waals surface area contributed by atoms with Gasteiger partial charge >= 0.3 is 6.03 Å². The number of para-hydroxylation sites is 1. The highest BCUT2D eigenvalue weighted by Gasteiger charge is 2.15. The van der Waals surface area contributed by atoms with Crippen molar-refractivity contribution in [3.05, 3.63) is 66.2 Å². The predicted molar refractivity (Wildman–Crippen MR) is 98.4 cm³/mol. The molecule has 0 saturated heterocycles. The zero-order valence-electron chi connectivity index (χ0n) is 12.8. The largest absolute Gasteiger partial charge is 0.323 e. The van der Waals surface area contributed by atoms with Crippen LogP contribution in [0.15, 0.2) is 71.1 Å². The zero-order valence-corrected chi connectivity index (χ0v) is 14.5. The van der Waals surface area contributed by atoms with Crippen LogP contribution >= 0.6 is 11.3 Å². The van der Waals surface area contributed by atoms with E-state index in [-0.39, 0.29) is 4.90 Å². The van der Waals surface area contributed by atoms with Gasteiger partial charge in [-0.25, -0.2) is 18.2 Å². The Balaban J connectivity index is 1.65. The molecule has 0 aliphatic rings. The van der Waals surface area contributed by atoms with Crippen LogP contribution in [0.25, 0.3) is 0 Å². The van der Waals surface area contributed by atoms with Gasteiger partial charge in [0.15, 0.2) is 5.13 Å². The fourth-order valence-corrected chi connectivity index (χ4v) is 3.77. The minimum atomic E-state index is -3.71. The SMILES string of the molecule is O=C(Nc1ccccc1)Nc1ccc(S(=O)(=O)Nc2nccs2)cc1. The minimum Gasteiger partial charge on any atom is -0.308 e. The van der Waals surface area contributed by atoms with E-state index in [0.29, 0.717) is 16.5 Å². The van der Waals surface area contributed by atoms with Gasteiger partial charge in [-0.05, 0) is 36.4 Å². The molecule has 0 spiro atoms. The molecule has 0 saturated carbocycles. The molecule has 3 N–H and O–H groups in total. The van der Waals surface area contributed by atoms with E-state index in [1.54, 1.807) is 17.5 Å². The van der Waals surface area contributed by atoms with Gasteiger partial charge in [0, 0.05) is 23.0 Å². The number of rotatable bonds is 5. The number of aromatic nitrogens is 1. The van der Waals surface area contributed by atoms with Gasteiger partial charge in [-0.3, -0.25) is 4.72 Å². The van der Waals surface area contributed by atoms with Gasteiger partial charge in [0.25, 0.3) is 10.0 Å². The second-order valence-electron chi connectivity index (χ2n) is 4.91. The van der Waals surface area contributed by atoms with E-state index in [0.717, 1.165) is 0 Å². The highest BCUT2D eigenvalue weighted by molar-refractivity contribution is 7.93. The van der Waals surface area contributed by atoms with Crippen molar-refractivity contribution in [1.29, 1.82) is 0 Å². The van der Waals surface area contributed by atoms with Crippen molar-refractivity contribution in [2.24, 2.45) is 0 Å². The first-order valence-corrected chi connectivity index (χ1v) is 9.55. The van der Waals surface area contributed by atoms with E-state index in [4.69, 9.17) is 0 Å². The molecule has 3 aromatic rings. The van der Waals surface area contributed by atoms with Crippen LogP contribution in [0.1, 0.15) is 0 Å². The molecule has 0 atom stereocenters. The summed E-state index contributed by atoms with van der Waals surface area (Å²) >= 11 is 1.19. The number of benzene rings is 2. The summed E-state index contributed by atoms with van der Waals surface area (Å²) in [5.74, 6) is 0. The number of hydrogen-bond acceptors (Lipinski definition) is 5. The third-order valence-electron chi connectivity index (χ3n) is 3.11. The maximum Gasteiger partial charge on any atom is 0.323 e. The Kier molecular flexibility index (Phi) is 4.96. The summed E-state index contributed by atoms with van der Waals surface area (Å²) in [4.78, 5) is 15.9. The summed E-state index contributed by atoms with van der Waals surface area (Å²) < 4.78 is 26.8. The standard InChI is InChI=1S/C16H14N4O3S2/c21-15(18-12-4-2-1-3-5-12)19-13-6-8-14(9-7-13)25(22,23)20-16-17-10-11-24-16/h1-11H,(H,17,20)(H2,18,19,21). The van der Waals surface area contributed by atoms with Gasteiger partial charge in [-0.2, -0.15) is 0 Å². The van der Waals surface area contributed by atoms with Crippen LogP contribution in [-0.4, -0.2) is 19.4 Å². The molecule has 2 amide bonds. The Morgan fingerprint density at radius 2 is 1.56 bits per heavy atom. The molecule has 1 heterocycles. The lowest BCUT2D eigenvalue weighted by molar-refractivity contribution is 0.262. The molecule has 0 aliphatic carbocycles. The third kappa shape index (κ3) is 4.55. The predicted octanol–water partition coefficient (Wildman–Crippen LogP) is 3.59. The number of carbonyl (C=O) groups excluding carboxylic acids is 1. The van der Waals surface area contributed by atoms with E-state index >= 15 is 0 Å². The summed E-state index contributed by atoms with van der Waals surface area (Å²) in [5, 5.41) is 7.29. The van der Waals surface area contributed by atoms with Gasteiger partial charge in [0.05, 0.1) is 4.90 Å². The fraction of sp³-hybridized carbons (Fsp3) is 0. The van der Waals surface area contributed by atoms with Gasteiger partial charge in [0.1, 0.15) is 0 Å². The summed E-state index contributed by atoms with van der Waals surface area (Å²) in [7, 11) is -3.71. The minimum absolute atomic E-state index is 0.0803. The Labute approximate surface area is 148 Å². The fourth-order valence-electron chi connectivity index (χ4n) is 1.98. The van der Waals surface area contributed by atoms with E-state index in [9.17, 15) is 13.2 Å². The molecule has 7 nitrogen and oxygen atoms in total. The highest BCUT2D eigenvalue weighted by atomic mass is 32.2. The van der Waals surface area contributed by atoms with Crippen LogP contribution < -0.4 is 15.4 Å². The monoisotopic (exact) mass is 374 g/mol. The summed E-state index contributed by atoms with van der Waals surface area (Å²) in [6.07, 6.45) is 1.51. The molecule has 25 heavy (non-hydrogen) atoms. The molecule has 9 heteroatoms. The van der Waals surface area contributed by atoms with Crippen molar-refractivity contribution in [2.75, 3.05) is 15.4 Å². The second-order valence-corrected chi connectivity index (χ2v) is 7.49. The van der Waals surface area contributed by atoms with Crippen LogP contribution in [0.5, 0.6) is 0 Å². The molecule has 0 unspecified atom stereocenters. The van der Waals surface area contributed by atoms with E-state index in [1.165, 1.54) is 41.8 Å². The average Bonchev–Trinajstić information content (AvgIpc) is 3.08. The molecule has 3 rings (SSSR count). The van der Waals surface area contributed by atoms with Crippen LogP contribution in [-0.2, 0) is 10.0 Å². The Morgan fingerprint density at radius 3 is 2.16 bits per heavy atom. The second kappa shape index (κ2) is 7.32. The van der Waals surface area contributed by atoms with E-state index in [2.05, 4.69) is 20.3 Å². The molecule has 128 valence electrons. The highest BCUT2D eigenvalue weighted by Crippen LogP contribution is 2.19. The van der Waals surface area contributed by atoms with Gasteiger partial charge in [0.2, 0.25) is 0 Å². The Bertz CT molecular complexity index is 941. The summed E-state index contributed by atoms with van der Waals surface area (Å²) in [6.45, 7) is 0. The number of thiazole rings is 1. The van der Waals surface area contributed by atoms with Crippen LogP contribution in [0, 0.1) is 0 Å². The van der Waals surface area contributed by atoms with Gasteiger partial charge in [-0.15, -0.1) is 11.3 Å². The van der Waals surface area contributed by atoms with Gasteiger partial charge < -0.3 is 10.6 Å². The first-order valence-electron chi connectivity index (χ1n) is 7.18. The van der Waals surface area contributed by atoms with Crippen LogP contribution in [0.2, 0.25) is 0 Å². The maximum absolute atomic E-state index is 12.2. The normalized spacial score (nSPS) is 10.9. The van der Waals surface area contributed by atoms with Crippen molar-refractivity contribution in [1.82, 2.24) is 4.98 Å². The first-order chi connectivity index (χ1) is 12.0. The maximum atomic E-state index is 12.2. The topological polar surface area (TPSA) is 100 Å². The molecule has 0 fully saturated rings. The third-order valence-corrected chi connectivity index (χ3v) is 5.28. The van der Waals surface area contributed by atoms with Gasteiger partial charge in [-0.1, -0.05) is 18.2 Å². The summed E-state index contributed by atoms with van der Waals surface area (Å²) in [6, 6.07) is 14.4. The molecular formula is C16H14N4O3S2. The Morgan fingerprint density at radius 1 is 0.920 bits per heavy atom. The lowest BCUT2D eigenvalue weighted by atomic mass is 10.3. The molecule has 0 bridgehead atoms. The number of urea groups is 1. The van der Waals surface area contributed by atoms with Crippen molar-refractivity contribution in [3.63, 3.8) is 0 Å². The van der Waals surface area contributed by atoms with Crippen molar-refractivity contribution in [3.8, 4) is 0 Å². The van der Waals surface area contributed by atoms with E-state index in [1.807, 2.05) is 18.2 Å². The zero-order chi connectivity index (χ0) is 17.7. The van der Waals surface area contributed by atoms with Crippen molar-refractivity contribution < 1.29 is 13.2 Å². The van der Waals surface area contributed by atoms with Crippen LogP contribution in [0.3, 0.4) is 0 Å². The number of sulfonamides is 1. The molecule has 1 aromatic heterocycles. The number of nitrogens with one attached hydrogen (secondary N) is 3. The lowest BCUT2D eigenvalue weighted by Crippen LogP contribution is -2.19. The summed E-state index contributed by atoms with van der Waals surface area (Å²) in [5.41, 5.74) is 1.13. The number of amides is 2. The molecule has 0 aliphatic heterocycles. The number of carbonyl (C=O) groups is 1. The number of nitrogens with zero attached hydrogens (tertiary/aromatic N) is 1. The average molecular weight is 374 g/mol. The van der Waals surface area contributed by atoms with Crippen molar-refractivity contribution in [2.45, 2.75) is 4.90 Å². The number of anilines is 3. The first kappa shape index (κ1) is 16.9. The van der Waals surface area contributed by atoms with Crippen molar-refractivity contribution >= 4 is 43.9 Å². The smallest absolute Gasteiger partial charge is 0.308 e. The lowest BCUT2D eigenvalue weighted by Gasteiger charge is -2.09. The Hall–Kier alpha value is -2.91. The van der Waals surface area contributed by atoms with E-state index < -0.39 is 16.1 Å². The molecular weight excluding hydrogens is 360 g/mol. The quantitative estimate of drug-likeness (QED) is 0.635. The number of hydrogen-bond donors (Lipinski definition) is 3. The molecule has 0 radical (unpaired) electrons. The van der Waals surface area contributed by atoms with Crippen LogP contribution in [0.4, 0.5) is 21.3 Å².